The minimum atomic E-state index is -0.128. The molecule has 0 spiro atoms. The maximum absolute atomic E-state index is 12.7. The zero-order chi connectivity index (χ0) is 15.4. The van der Waals surface area contributed by atoms with Crippen molar-refractivity contribution in [3.8, 4) is 0 Å². The highest BCUT2D eigenvalue weighted by atomic mass is 32.1. The summed E-state index contributed by atoms with van der Waals surface area (Å²) < 4.78 is 0. The third-order valence-corrected chi connectivity index (χ3v) is 4.73. The van der Waals surface area contributed by atoms with Gasteiger partial charge in [-0.15, -0.1) is 0 Å². The maximum Gasteiger partial charge on any atom is 0.268 e. The van der Waals surface area contributed by atoms with Gasteiger partial charge >= 0.3 is 0 Å². The van der Waals surface area contributed by atoms with E-state index in [1.54, 1.807) is 4.90 Å². The summed E-state index contributed by atoms with van der Waals surface area (Å²) in [4.78, 5) is 19.1. The van der Waals surface area contributed by atoms with Crippen molar-refractivity contribution >= 4 is 28.2 Å². The first-order valence-corrected chi connectivity index (χ1v) is 8.36. The highest BCUT2D eigenvalue weighted by Crippen LogP contribution is 2.31. The highest BCUT2D eigenvalue weighted by molar-refractivity contribution is 7.18. The number of nitrogens with one attached hydrogen (secondary N) is 1. The van der Waals surface area contributed by atoms with Gasteiger partial charge in [0.2, 0.25) is 0 Å². The molecule has 0 bridgehead atoms. The van der Waals surface area contributed by atoms with E-state index >= 15 is 0 Å². The number of hydrogen-bond donors (Lipinski definition) is 3. The number of hydrogen-bond acceptors (Lipinski definition) is 6. The number of carbonyl (C=O) groups excluding carboxylic acids is 1. The van der Waals surface area contributed by atoms with Gasteiger partial charge < -0.3 is 21.1 Å². The average molecular weight is 312 g/mol. The third kappa shape index (κ3) is 3.85. The average Bonchev–Trinajstić information content (AvgIpc) is 3.20. The van der Waals surface area contributed by atoms with Crippen LogP contribution < -0.4 is 11.1 Å². The van der Waals surface area contributed by atoms with E-state index in [9.17, 15) is 9.90 Å². The molecule has 0 aliphatic heterocycles. The van der Waals surface area contributed by atoms with Crippen molar-refractivity contribution in [2.75, 3.05) is 24.2 Å². The van der Waals surface area contributed by atoms with Gasteiger partial charge in [0, 0.05) is 18.6 Å². The van der Waals surface area contributed by atoms with E-state index < -0.39 is 0 Å². The molecule has 0 atom stereocenters. The van der Waals surface area contributed by atoms with Crippen LogP contribution in [-0.4, -0.2) is 46.1 Å². The first-order valence-electron chi connectivity index (χ1n) is 7.55. The summed E-state index contributed by atoms with van der Waals surface area (Å²) in [5.74, 6) is 0.152. The smallest absolute Gasteiger partial charge is 0.268 e. The predicted molar refractivity (Wildman–Crippen MR) is 85.7 cm³/mol. The van der Waals surface area contributed by atoms with Gasteiger partial charge in [-0.1, -0.05) is 25.2 Å². The molecule has 1 aromatic rings. The molecule has 7 heteroatoms. The lowest BCUT2D eigenvalue weighted by Crippen LogP contribution is -2.41. The van der Waals surface area contributed by atoms with Crippen LogP contribution in [0.25, 0.3) is 0 Å². The second-order valence-electron chi connectivity index (χ2n) is 5.34. The van der Waals surface area contributed by atoms with Gasteiger partial charge in [-0.25, -0.2) is 4.98 Å². The summed E-state index contributed by atoms with van der Waals surface area (Å²) in [5, 5.41) is 13.2. The Balaban J connectivity index is 2.16. The Morgan fingerprint density at radius 3 is 2.71 bits per heavy atom. The minimum Gasteiger partial charge on any atom is -0.395 e. The zero-order valence-corrected chi connectivity index (χ0v) is 13.4. The number of aliphatic hydroxyl groups excluding tert-OH is 1. The number of anilines is 2. The fraction of sp³-hybridized carbons (Fsp3) is 0.714. The molecule has 0 radical (unpaired) electrons. The number of amides is 1. The Morgan fingerprint density at radius 1 is 1.52 bits per heavy atom. The molecular formula is C14H24N4O2S. The van der Waals surface area contributed by atoms with Crippen LogP contribution in [0.5, 0.6) is 0 Å². The van der Waals surface area contributed by atoms with Gasteiger partial charge in [0.1, 0.15) is 10.7 Å². The van der Waals surface area contributed by atoms with E-state index in [1.807, 2.05) is 13.8 Å². The Bertz CT molecular complexity index is 483. The fourth-order valence-electron chi connectivity index (χ4n) is 2.37. The lowest BCUT2D eigenvalue weighted by Gasteiger charge is -2.29. The first kappa shape index (κ1) is 16.0. The molecule has 1 fully saturated rings. The molecule has 0 aromatic carbocycles. The molecule has 6 nitrogen and oxygen atoms in total. The van der Waals surface area contributed by atoms with Crippen molar-refractivity contribution in [3.05, 3.63) is 4.88 Å². The van der Waals surface area contributed by atoms with E-state index in [1.165, 1.54) is 11.3 Å². The molecule has 1 aromatic heterocycles. The van der Waals surface area contributed by atoms with Crippen LogP contribution in [0.1, 0.15) is 49.2 Å². The van der Waals surface area contributed by atoms with Crippen LogP contribution in [-0.2, 0) is 0 Å². The van der Waals surface area contributed by atoms with Gasteiger partial charge in [-0.05, 0) is 25.7 Å². The van der Waals surface area contributed by atoms with E-state index in [0.717, 1.165) is 25.7 Å². The number of rotatable bonds is 8. The number of aromatic nitrogens is 1. The van der Waals surface area contributed by atoms with Gasteiger partial charge in [-0.3, -0.25) is 4.79 Å². The monoisotopic (exact) mass is 312 g/mol. The quantitative estimate of drug-likeness (QED) is 0.682. The lowest BCUT2D eigenvalue weighted by molar-refractivity contribution is 0.0628. The number of nitrogens with two attached hydrogens (primary N) is 1. The van der Waals surface area contributed by atoms with E-state index in [4.69, 9.17) is 5.73 Å². The molecule has 2 rings (SSSR count). The van der Waals surface area contributed by atoms with Crippen molar-refractivity contribution in [2.24, 2.45) is 0 Å². The van der Waals surface area contributed by atoms with Crippen LogP contribution in [0.3, 0.4) is 0 Å². The zero-order valence-electron chi connectivity index (χ0n) is 12.6. The third-order valence-electron chi connectivity index (χ3n) is 3.74. The van der Waals surface area contributed by atoms with Crippen molar-refractivity contribution in [3.63, 3.8) is 0 Å². The minimum absolute atomic E-state index is 0.0475. The second-order valence-corrected chi connectivity index (χ2v) is 6.34. The van der Waals surface area contributed by atoms with Crippen molar-refractivity contribution in [2.45, 2.75) is 51.6 Å². The summed E-state index contributed by atoms with van der Waals surface area (Å²) >= 11 is 1.31. The predicted octanol–water partition coefficient (Wildman–Crippen LogP) is 1.92. The first-order chi connectivity index (χ1) is 10.1. The van der Waals surface area contributed by atoms with Crippen LogP contribution in [0, 0.1) is 0 Å². The molecule has 1 heterocycles. The van der Waals surface area contributed by atoms with Crippen molar-refractivity contribution in [1.29, 1.82) is 0 Å². The lowest BCUT2D eigenvalue weighted by atomic mass is 10.1. The topological polar surface area (TPSA) is 91.5 Å². The molecule has 118 valence electrons. The molecule has 0 saturated heterocycles. The molecule has 21 heavy (non-hydrogen) atoms. The number of nitrogens with zero attached hydrogens (tertiary/aromatic N) is 2. The molecule has 4 N–H and O–H groups in total. The van der Waals surface area contributed by atoms with Crippen LogP contribution in [0.15, 0.2) is 0 Å². The number of nitrogen functional groups attached to an aromatic ring is 1. The SMILES string of the molecule is CCC(CC)N(CCO)C(=O)c1sc(NC2CC2)nc1N. The molecular weight excluding hydrogens is 288 g/mol. The molecule has 1 saturated carbocycles. The van der Waals surface area contributed by atoms with Gasteiger partial charge in [-0.2, -0.15) is 0 Å². The van der Waals surface area contributed by atoms with Gasteiger partial charge in [0.15, 0.2) is 5.13 Å². The van der Waals surface area contributed by atoms with Gasteiger partial charge in [0.05, 0.1) is 6.61 Å². The summed E-state index contributed by atoms with van der Waals surface area (Å²) in [6.07, 6.45) is 4.00. The van der Waals surface area contributed by atoms with Crippen LogP contribution in [0.2, 0.25) is 0 Å². The summed E-state index contributed by atoms with van der Waals surface area (Å²) in [5.41, 5.74) is 5.90. The normalized spacial score (nSPS) is 14.5. The Hall–Kier alpha value is -1.34. The van der Waals surface area contributed by atoms with Crippen LogP contribution in [0.4, 0.5) is 10.9 Å². The summed E-state index contributed by atoms with van der Waals surface area (Å²) in [7, 11) is 0. The largest absolute Gasteiger partial charge is 0.395 e. The number of aliphatic hydroxyl groups is 1. The van der Waals surface area contributed by atoms with Gasteiger partial charge in [0.25, 0.3) is 5.91 Å². The van der Waals surface area contributed by atoms with E-state index in [-0.39, 0.29) is 24.4 Å². The summed E-state index contributed by atoms with van der Waals surface area (Å²) in [6.45, 7) is 4.37. The van der Waals surface area contributed by atoms with E-state index in [2.05, 4.69) is 10.3 Å². The molecule has 1 aliphatic rings. The number of thiazole rings is 1. The highest BCUT2D eigenvalue weighted by Gasteiger charge is 2.28. The van der Waals surface area contributed by atoms with Crippen LogP contribution >= 0.6 is 11.3 Å². The maximum atomic E-state index is 12.7. The molecule has 1 amide bonds. The Kier molecular flexibility index (Phi) is 5.41. The second kappa shape index (κ2) is 7.09. The standard InChI is InChI=1S/C14H24N4O2S/c1-3-10(4-2)18(7-8-19)13(20)11-12(15)17-14(21-11)16-9-5-6-9/h9-10,19H,3-8,15H2,1-2H3,(H,16,17). The Morgan fingerprint density at radius 2 is 2.19 bits per heavy atom. The fourth-order valence-corrected chi connectivity index (χ4v) is 3.28. The molecule has 0 unspecified atom stereocenters. The Labute approximate surface area is 129 Å². The van der Waals surface area contributed by atoms with Crippen molar-refractivity contribution in [1.82, 2.24) is 9.88 Å². The molecule has 1 aliphatic carbocycles. The van der Waals surface area contributed by atoms with E-state index in [0.29, 0.717) is 22.6 Å². The number of carbonyl (C=O) groups is 1. The summed E-state index contributed by atoms with van der Waals surface area (Å²) in [6, 6.07) is 0.595. The van der Waals surface area contributed by atoms with Crippen molar-refractivity contribution < 1.29 is 9.90 Å².